The molecular formula is C20H23N5OS. The molecule has 5 rings (SSSR count). The number of hydrogen-bond acceptors (Lipinski definition) is 5. The number of nitrogens with zero attached hydrogens (tertiary/aromatic N) is 5. The molecule has 27 heavy (non-hydrogen) atoms. The van der Waals surface area contributed by atoms with Gasteiger partial charge in [0.2, 0.25) is 0 Å². The number of amides is 1. The molecule has 140 valence electrons. The SMILES string of the molecule is O=C1c2cccn2CCN1CCN1CCN(c2nsc3ccccc23)CC1. The Kier molecular flexibility index (Phi) is 4.33. The van der Waals surface area contributed by atoms with Crippen LogP contribution < -0.4 is 4.90 Å². The average Bonchev–Trinajstić information content (AvgIpc) is 3.35. The molecule has 7 heteroatoms. The number of carbonyl (C=O) groups excluding carboxylic acids is 1. The second-order valence-electron chi connectivity index (χ2n) is 7.21. The third-order valence-corrected chi connectivity index (χ3v) is 6.48. The fraction of sp³-hybridized carbons (Fsp3) is 0.400. The molecule has 3 aromatic rings. The zero-order valence-corrected chi connectivity index (χ0v) is 16.1. The van der Waals surface area contributed by atoms with Gasteiger partial charge in [0, 0.05) is 63.9 Å². The van der Waals surface area contributed by atoms with Crippen LogP contribution in [0, 0.1) is 0 Å². The molecule has 0 atom stereocenters. The summed E-state index contributed by atoms with van der Waals surface area (Å²) in [5.41, 5.74) is 0.821. The van der Waals surface area contributed by atoms with Crippen LogP contribution >= 0.6 is 11.5 Å². The van der Waals surface area contributed by atoms with Gasteiger partial charge in [-0.25, -0.2) is 0 Å². The molecule has 2 aliphatic rings. The summed E-state index contributed by atoms with van der Waals surface area (Å²) in [6, 6.07) is 12.3. The van der Waals surface area contributed by atoms with Crippen LogP contribution in [0.15, 0.2) is 42.6 Å². The topological polar surface area (TPSA) is 44.6 Å². The Balaban J connectivity index is 1.17. The number of carbonyl (C=O) groups is 1. The van der Waals surface area contributed by atoms with Crippen LogP contribution in [0.2, 0.25) is 0 Å². The van der Waals surface area contributed by atoms with Gasteiger partial charge in [-0.15, -0.1) is 0 Å². The smallest absolute Gasteiger partial charge is 0.270 e. The number of rotatable bonds is 4. The quantitative estimate of drug-likeness (QED) is 0.696. The molecule has 0 radical (unpaired) electrons. The van der Waals surface area contributed by atoms with Crippen LogP contribution in [-0.2, 0) is 6.54 Å². The summed E-state index contributed by atoms with van der Waals surface area (Å²) in [6.45, 7) is 7.48. The molecule has 0 spiro atoms. The van der Waals surface area contributed by atoms with Gasteiger partial charge in [0.05, 0.1) is 4.70 Å². The number of aromatic nitrogens is 2. The molecule has 2 aromatic heterocycles. The molecule has 1 aromatic carbocycles. The Hall–Kier alpha value is -2.38. The molecule has 0 bridgehead atoms. The zero-order valence-electron chi connectivity index (χ0n) is 15.3. The summed E-state index contributed by atoms with van der Waals surface area (Å²) in [6.07, 6.45) is 1.99. The van der Waals surface area contributed by atoms with E-state index in [1.807, 2.05) is 23.2 Å². The first-order chi connectivity index (χ1) is 13.3. The minimum absolute atomic E-state index is 0.166. The minimum Gasteiger partial charge on any atom is -0.353 e. The first-order valence-electron chi connectivity index (χ1n) is 9.56. The van der Waals surface area contributed by atoms with Gasteiger partial charge in [0.15, 0.2) is 0 Å². The molecule has 0 aliphatic carbocycles. The van der Waals surface area contributed by atoms with Gasteiger partial charge in [0.25, 0.3) is 5.91 Å². The number of anilines is 1. The lowest BCUT2D eigenvalue weighted by atomic mass is 10.2. The first kappa shape index (κ1) is 16.8. The molecule has 1 fully saturated rings. The van der Waals surface area contributed by atoms with Crippen LogP contribution in [0.25, 0.3) is 10.1 Å². The van der Waals surface area contributed by atoms with E-state index in [4.69, 9.17) is 0 Å². The van der Waals surface area contributed by atoms with Crippen molar-refractivity contribution in [3.05, 3.63) is 48.3 Å². The van der Waals surface area contributed by atoms with Crippen molar-refractivity contribution >= 4 is 33.3 Å². The Labute approximate surface area is 162 Å². The fourth-order valence-electron chi connectivity index (χ4n) is 4.05. The van der Waals surface area contributed by atoms with Crippen LogP contribution in [0.5, 0.6) is 0 Å². The van der Waals surface area contributed by atoms with E-state index in [0.29, 0.717) is 0 Å². The lowest BCUT2D eigenvalue weighted by molar-refractivity contribution is 0.0681. The summed E-state index contributed by atoms with van der Waals surface area (Å²) in [7, 11) is 0. The van der Waals surface area contributed by atoms with E-state index in [2.05, 4.69) is 43.0 Å². The minimum atomic E-state index is 0.166. The van der Waals surface area contributed by atoms with E-state index >= 15 is 0 Å². The zero-order chi connectivity index (χ0) is 18.2. The normalized spacial score (nSPS) is 18.3. The Morgan fingerprint density at radius 1 is 0.926 bits per heavy atom. The lowest BCUT2D eigenvalue weighted by Gasteiger charge is -2.36. The number of fused-ring (bicyclic) bond motifs is 2. The maximum absolute atomic E-state index is 12.6. The van der Waals surface area contributed by atoms with E-state index in [9.17, 15) is 4.79 Å². The molecule has 0 unspecified atom stereocenters. The van der Waals surface area contributed by atoms with E-state index in [1.165, 1.54) is 10.1 Å². The predicted molar refractivity (Wildman–Crippen MR) is 109 cm³/mol. The van der Waals surface area contributed by atoms with Crippen LogP contribution in [0.1, 0.15) is 10.5 Å². The van der Waals surface area contributed by atoms with Gasteiger partial charge >= 0.3 is 0 Å². The van der Waals surface area contributed by atoms with Crippen molar-refractivity contribution in [1.29, 1.82) is 0 Å². The van der Waals surface area contributed by atoms with Crippen LogP contribution in [0.3, 0.4) is 0 Å². The van der Waals surface area contributed by atoms with Crippen molar-refractivity contribution in [2.45, 2.75) is 6.54 Å². The summed E-state index contributed by atoms with van der Waals surface area (Å²) in [5, 5.41) is 1.26. The summed E-state index contributed by atoms with van der Waals surface area (Å²) >= 11 is 1.58. The standard InChI is InChI=1S/C20H23N5OS/c26-20-17-5-3-7-23(17)14-15-25(20)13-10-22-8-11-24(12-9-22)19-16-4-1-2-6-18(16)27-21-19/h1-7H,8-15H2. The Morgan fingerprint density at radius 3 is 2.67 bits per heavy atom. The van der Waals surface area contributed by atoms with Crippen molar-refractivity contribution in [2.24, 2.45) is 0 Å². The summed E-state index contributed by atoms with van der Waals surface area (Å²) in [4.78, 5) is 19.4. The molecule has 0 saturated carbocycles. The van der Waals surface area contributed by atoms with Crippen molar-refractivity contribution in [2.75, 3.05) is 50.7 Å². The second-order valence-corrected chi connectivity index (χ2v) is 8.02. The average molecular weight is 382 g/mol. The highest BCUT2D eigenvalue weighted by Crippen LogP contribution is 2.29. The molecular weight excluding hydrogens is 358 g/mol. The summed E-state index contributed by atoms with van der Waals surface area (Å²) in [5.74, 6) is 1.29. The monoisotopic (exact) mass is 381 g/mol. The van der Waals surface area contributed by atoms with Crippen LogP contribution in [0.4, 0.5) is 5.82 Å². The van der Waals surface area contributed by atoms with Crippen molar-refractivity contribution in [3.63, 3.8) is 0 Å². The fourth-order valence-corrected chi connectivity index (χ4v) is 4.85. The first-order valence-corrected chi connectivity index (χ1v) is 10.3. The Bertz CT molecular complexity index is 956. The van der Waals surface area contributed by atoms with E-state index in [1.54, 1.807) is 11.5 Å². The highest BCUT2D eigenvalue weighted by atomic mass is 32.1. The van der Waals surface area contributed by atoms with Gasteiger partial charge in [-0.2, -0.15) is 4.37 Å². The molecule has 2 aliphatic heterocycles. The summed E-state index contributed by atoms with van der Waals surface area (Å²) < 4.78 is 7.99. The maximum atomic E-state index is 12.6. The van der Waals surface area contributed by atoms with Gasteiger partial charge in [-0.1, -0.05) is 12.1 Å². The molecule has 0 N–H and O–H groups in total. The van der Waals surface area contributed by atoms with Gasteiger partial charge < -0.3 is 14.4 Å². The van der Waals surface area contributed by atoms with Crippen LogP contribution in [-0.4, -0.2) is 70.5 Å². The van der Waals surface area contributed by atoms with Crippen molar-refractivity contribution in [1.82, 2.24) is 18.7 Å². The number of piperazine rings is 1. The molecule has 4 heterocycles. The molecule has 1 saturated heterocycles. The van der Waals surface area contributed by atoms with Gasteiger partial charge in [-0.05, 0) is 35.8 Å². The van der Waals surface area contributed by atoms with Gasteiger partial charge in [0.1, 0.15) is 11.5 Å². The number of hydrogen-bond donors (Lipinski definition) is 0. The maximum Gasteiger partial charge on any atom is 0.270 e. The van der Waals surface area contributed by atoms with Crippen molar-refractivity contribution in [3.8, 4) is 0 Å². The number of benzene rings is 1. The van der Waals surface area contributed by atoms with E-state index < -0.39 is 0 Å². The van der Waals surface area contributed by atoms with Crippen molar-refractivity contribution < 1.29 is 4.79 Å². The van der Waals surface area contributed by atoms with E-state index in [0.717, 1.165) is 63.9 Å². The largest absolute Gasteiger partial charge is 0.353 e. The van der Waals surface area contributed by atoms with E-state index in [-0.39, 0.29) is 5.91 Å². The molecule has 6 nitrogen and oxygen atoms in total. The highest BCUT2D eigenvalue weighted by molar-refractivity contribution is 7.13. The third-order valence-electron chi connectivity index (χ3n) is 5.66. The predicted octanol–water partition coefficient (Wildman–Crippen LogP) is 2.38. The lowest BCUT2D eigenvalue weighted by Crippen LogP contribution is -2.50. The third kappa shape index (κ3) is 3.11. The highest BCUT2D eigenvalue weighted by Gasteiger charge is 2.25. The molecule has 1 amide bonds. The Morgan fingerprint density at radius 2 is 1.78 bits per heavy atom. The second kappa shape index (κ2) is 6.98. The van der Waals surface area contributed by atoms with Gasteiger partial charge in [-0.3, -0.25) is 9.69 Å².